The minimum Gasteiger partial charge on any atom is -0.464 e. The van der Waals surface area contributed by atoms with E-state index in [1.165, 1.54) is 13.2 Å². The number of halogens is 1. The number of nitrogens with zero attached hydrogens (tertiary/aromatic N) is 6. The van der Waals surface area contributed by atoms with Gasteiger partial charge in [0.15, 0.2) is 11.5 Å². The second-order valence-electron chi connectivity index (χ2n) is 8.24. The van der Waals surface area contributed by atoms with Gasteiger partial charge in [-0.2, -0.15) is 4.98 Å². The molecule has 1 aliphatic heterocycles. The SMILES string of the molecule is COC(=O)c1ccc(Oc2ccc(NC3=NC=C(c4nc(C)no4)CN3Cc3ccc(Cl)cc3)cc2)nn1. The zero-order valence-electron chi connectivity index (χ0n) is 20.5. The molecule has 3 heterocycles. The fraction of sp³-hybridized carbons (Fsp3) is 0.154. The van der Waals surface area contributed by atoms with Crippen molar-refractivity contribution < 1.29 is 18.8 Å². The van der Waals surface area contributed by atoms with Crippen LogP contribution in [0.5, 0.6) is 11.6 Å². The molecule has 0 bridgehead atoms. The van der Waals surface area contributed by atoms with Crippen LogP contribution in [0.4, 0.5) is 5.69 Å². The summed E-state index contributed by atoms with van der Waals surface area (Å²) in [6.45, 7) is 2.86. The van der Waals surface area contributed by atoms with Gasteiger partial charge in [0, 0.05) is 29.5 Å². The minimum absolute atomic E-state index is 0.0993. The van der Waals surface area contributed by atoms with Gasteiger partial charge in [0.2, 0.25) is 11.8 Å². The van der Waals surface area contributed by atoms with Crippen molar-refractivity contribution in [3.8, 4) is 11.6 Å². The van der Waals surface area contributed by atoms with Crippen molar-refractivity contribution in [2.75, 3.05) is 19.0 Å². The molecule has 1 N–H and O–H groups in total. The van der Waals surface area contributed by atoms with Crippen LogP contribution in [-0.2, 0) is 11.3 Å². The van der Waals surface area contributed by atoms with Gasteiger partial charge in [-0.15, -0.1) is 10.2 Å². The molecule has 11 nitrogen and oxygen atoms in total. The number of carbonyl (C=O) groups excluding carboxylic acids is 1. The first kappa shape index (κ1) is 24.9. The van der Waals surface area contributed by atoms with E-state index in [1.807, 2.05) is 36.4 Å². The Morgan fingerprint density at radius 3 is 2.53 bits per heavy atom. The Morgan fingerprint density at radius 2 is 1.87 bits per heavy atom. The van der Waals surface area contributed by atoms with Gasteiger partial charge in [-0.25, -0.2) is 9.79 Å². The van der Waals surface area contributed by atoms with Gasteiger partial charge in [-0.1, -0.05) is 28.9 Å². The van der Waals surface area contributed by atoms with E-state index >= 15 is 0 Å². The lowest BCUT2D eigenvalue weighted by molar-refractivity contribution is 0.0592. The summed E-state index contributed by atoms with van der Waals surface area (Å²) in [5.41, 5.74) is 2.78. The lowest BCUT2D eigenvalue weighted by atomic mass is 10.2. The molecule has 1 aliphatic rings. The molecular weight excluding hydrogens is 510 g/mol. The van der Waals surface area contributed by atoms with Crippen molar-refractivity contribution in [1.29, 1.82) is 0 Å². The highest BCUT2D eigenvalue weighted by atomic mass is 35.5. The molecule has 0 fully saturated rings. The maximum Gasteiger partial charge on any atom is 0.358 e. The number of anilines is 1. The summed E-state index contributed by atoms with van der Waals surface area (Å²) in [5, 5.41) is 15.6. The summed E-state index contributed by atoms with van der Waals surface area (Å²) >= 11 is 6.06. The second kappa shape index (κ2) is 11.1. The van der Waals surface area contributed by atoms with Crippen LogP contribution in [0.15, 0.2) is 76.4 Å². The Morgan fingerprint density at radius 1 is 1.08 bits per heavy atom. The average Bonchev–Trinajstić information content (AvgIpc) is 3.38. The van der Waals surface area contributed by atoms with Gasteiger partial charge in [-0.05, 0) is 55.0 Å². The Labute approximate surface area is 222 Å². The van der Waals surface area contributed by atoms with E-state index < -0.39 is 5.97 Å². The number of benzene rings is 2. The van der Waals surface area contributed by atoms with Crippen molar-refractivity contribution in [3.63, 3.8) is 0 Å². The number of hydrogen-bond donors (Lipinski definition) is 1. The Kier molecular flexibility index (Phi) is 7.27. The number of aryl methyl sites for hydroxylation is 1. The molecule has 5 rings (SSSR count). The summed E-state index contributed by atoms with van der Waals surface area (Å²) in [6.07, 6.45) is 1.72. The van der Waals surface area contributed by atoms with Crippen molar-refractivity contribution in [1.82, 2.24) is 25.2 Å². The molecule has 2 aromatic heterocycles. The predicted molar refractivity (Wildman–Crippen MR) is 140 cm³/mol. The number of hydrogen-bond acceptors (Lipinski definition) is 11. The van der Waals surface area contributed by atoms with Crippen molar-refractivity contribution >= 4 is 34.8 Å². The first-order valence-electron chi connectivity index (χ1n) is 11.5. The molecule has 0 aliphatic carbocycles. The van der Waals surface area contributed by atoms with Crippen LogP contribution < -0.4 is 10.1 Å². The number of nitrogens with one attached hydrogen (secondary N) is 1. The number of methoxy groups -OCH3 is 1. The van der Waals surface area contributed by atoms with Crippen LogP contribution in [0.25, 0.3) is 5.57 Å². The number of esters is 1. The van der Waals surface area contributed by atoms with E-state index in [9.17, 15) is 4.79 Å². The molecular formula is C26H22ClN7O4. The third kappa shape index (κ3) is 5.95. The maximum absolute atomic E-state index is 11.5. The van der Waals surface area contributed by atoms with Gasteiger partial charge < -0.3 is 24.2 Å². The highest BCUT2D eigenvalue weighted by Gasteiger charge is 2.22. The van der Waals surface area contributed by atoms with Crippen molar-refractivity contribution in [2.24, 2.45) is 4.99 Å². The molecule has 38 heavy (non-hydrogen) atoms. The fourth-order valence-electron chi connectivity index (χ4n) is 3.59. The van der Waals surface area contributed by atoms with Gasteiger partial charge in [0.1, 0.15) is 5.75 Å². The van der Waals surface area contributed by atoms with Crippen LogP contribution in [0.1, 0.15) is 27.8 Å². The van der Waals surface area contributed by atoms with Gasteiger partial charge >= 0.3 is 5.97 Å². The third-order valence-electron chi connectivity index (χ3n) is 5.46. The summed E-state index contributed by atoms with van der Waals surface area (Å²) in [7, 11) is 1.28. The standard InChI is InChI=1S/C26H22ClN7O4/c1-16-29-24(38-33-16)18-13-28-26(34(15-18)14-17-3-5-19(27)6-4-17)30-20-7-9-21(10-8-20)37-23-12-11-22(31-32-23)25(35)36-2/h3-13H,14-15H2,1-2H3,(H,28,30). The van der Waals surface area contributed by atoms with E-state index in [4.69, 9.17) is 20.9 Å². The zero-order valence-corrected chi connectivity index (χ0v) is 21.2. The lowest BCUT2D eigenvalue weighted by Crippen LogP contribution is -2.38. The molecule has 2 aromatic carbocycles. The van der Waals surface area contributed by atoms with E-state index in [1.54, 1.807) is 31.3 Å². The first-order chi connectivity index (χ1) is 18.5. The fourth-order valence-corrected chi connectivity index (χ4v) is 3.71. The van der Waals surface area contributed by atoms with E-state index in [0.29, 0.717) is 41.5 Å². The Hall–Kier alpha value is -4.77. The van der Waals surface area contributed by atoms with Gasteiger partial charge in [0.25, 0.3) is 5.89 Å². The number of aliphatic imine (C=N–C) groups is 1. The summed E-state index contributed by atoms with van der Waals surface area (Å²) in [4.78, 5) is 22.5. The van der Waals surface area contributed by atoms with E-state index in [2.05, 4.69) is 40.3 Å². The van der Waals surface area contributed by atoms with Crippen molar-refractivity contribution in [2.45, 2.75) is 13.5 Å². The summed E-state index contributed by atoms with van der Waals surface area (Å²) < 4.78 is 15.7. The predicted octanol–water partition coefficient (Wildman–Crippen LogP) is 4.73. The second-order valence-corrected chi connectivity index (χ2v) is 8.67. The number of rotatable bonds is 7. The molecule has 0 saturated heterocycles. The normalized spacial score (nSPS) is 13.0. The molecule has 0 radical (unpaired) electrons. The monoisotopic (exact) mass is 531 g/mol. The minimum atomic E-state index is -0.565. The Balaban J connectivity index is 1.31. The Bertz CT molecular complexity index is 1480. The largest absolute Gasteiger partial charge is 0.464 e. The third-order valence-corrected chi connectivity index (χ3v) is 5.71. The van der Waals surface area contributed by atoms with Gasteiger partial charge in [-0.3, -0.25) is 0 Å². The molecule has 0 amide bonds. The topological polar surface area (TPSA) is 128 Å². The zero-order chi connectivity index (χ0) is 26.5. The molecule has 0 atom stereocenters. The van der Waals surface area contributed by atoms with E-state index in [-0.39, 0.29) is 11.6 Å². The molecule has 192 valence electrons. The van der Waals surface area contributed by atoms with Crippen LogP contribution in [0.3, 0.4) is 0 Å². The number of ether oxygens (including phenoxy) is 2. The highest BCUT2D eigenvalue weighted by molar-refractivity contribution is 6.30. The van der Waals surface area contributed by atoms with Gasteiger partial charge in [0.05, 0.1) is 19.2 Å². The first-order valence-corrected chi connectivity index (χ1v) is 11.9. The summed E-state index contributed by atoms with van der Waals surface area (Å²) in [6, 6.07) is 18.0. The van der Waals surface area contributed by atoms with Crippen LogP contribution in [-0.4, -0.2) is 50.8 Å². The smallest absolute Gasteiger partial charge is 0.358 e. The molecule has 0 unspecified atom stereocenters. The lowest BCUT2D eigenvalue weighted by Gasteiger charge is -2.29. The van der Waals surface area contributed by atoms with Crippen LogP contribution in [0.2, 0.25) is 5.02 Å². The average molecular weight is 532 g/mol. The molecule has 0 spiro atoms. The van der Waals surface area contributed by atoms with Crippen LogP contribution >= 0.6 is 11.6 Å². The number of aromatic nitrogens is 4. The maximum atomic E-state index is 11.5. The number of carbonyl (C=O) groups is 1. The summed E-state index contributed by atoms with van der Waals surface area (Å²) in [5.74, 6) is 1.88. The molecule has 4 aromatic rings. The number of guanidine groups is 1. The molecule has 12 heteroatoms. The van der Waals surface area contributed by atoms with E-state index in [0.717, 1.165) is 16.8 Å². The quantitative estimate of drug-likeness (QED) is 0.334. The van der Waals surface area contributed by atoms with Crippen molar-refractivity contribution in [3.05, 3.63) is 94.9 Å². The highest BCUT2D eigenvalue weighted by Crippen LogP contribution is 2.24. The molecule has 0 saturated carbocycles. The van der Waals surface area contributed by atoms with Crippen LogP contribution in [0, 0.1) is 6.92 Å².